The Kier molecular flexibility index (Phi) is 3.54. The summed E-state index contributed by atoms with van der Waals surface area (Å²) in [6.45, 7) is 2.78. The molecule has 1 rings (SSSR count). The van der Waals surface area contributed by atoms with Crippen LogP contribution in [0.1, 0.15) is 12.5 Å². The molecule has 3 nitrogen and oxygen atoms in total. The Labute approximate surface area is 90.4 Å². The van der Waals surface area contributed by atoms with Crippen molar-refractivity contribution in [3.05, 3.63) is 29.8 Å². The van der Waals surface area contributed by atoms with Crippen molar-refractivity contribution in [1.29, 1.82) is 0 Å². The van der Waals surface area contributed by atoms with Crippen LogP contribution in [0.5, 0.6) is 0 Å². The molecule has 1 aromatic rings. The molecular formula is C10H10F3NO2. The molecule has 0 saturated carbocycles. The number of amides is 1. The van der Waals surface area contributed by atoms with E-state index >= 15 is 0 Å². The average molecular weight is 233 g/mol. The minimum atomic E-state index is -4.89. The summed E-state index contributed by atoms with van der Waals surface area (Å²) in [7, 11) is 0. The van der Waals surface area contributed by atoms with E-state index in [1.165, 1.54) is 12.1 Å². The molecule has 0 unspecified atom stereocenters. The predicted molar refractivity (Wildman–Crippen MR) is 51.5 cm³/mol. The number of hydrogen-bond donors (Lipinski definition) is 0. The Morgan fingerprint density at radius 2 is 1.75 bits per heavy atom. The van der Waals surface area contributed by atoms with Gasteiger partial charge in [-0.25, -0.2) is 0 Å². The van der Waals surface area contributed by atoms with Gasteiger partial charge in [-0.2, -0.15) is 9.90 Å². The molecule has 1 amide bonds. The van der Waals surface area contributed by atoms with Crippen LogP contribution < -0.4 is 5.06 Å². The van der Waals surface area contributed by atoms with Crippen molar-refractivity contribution in [2.45, 2.75) is 20.2 Å². The van der Waals surface area contributed by atoms with Gasteiger partial charge in [0, 0.05) is 6.92 Å². The van der Waals surface area contributed by atoms with Crippen molar-refractivity contribution < 1.29 is 22.8 Å². The van der Waals surface area contributed by atoms with Crippen LogP contribution in [0.15, 0.2) is 24.3 Å². The van der Waals surface area contributed by atoms with Crippen molar-refractivity contribution >= 4 is 11.6 Å². The second-order valence-electron chi connectivity index (χ2n) is 3.19. The molecule has 0 spiro atoms. The average Bonchev–Trinajstić information content (AvgIpc) is 2.14. The number of nitrogens with zero attached hydrogens (tertiary/aromatic N) is 1. The van der Waals surface area contributed by atoms with Crippen LogP contribution in [0.4, 0.5) is 18.9 Å². The maximum atomic E-state index is 12.0. The minimum Gasteiger partial charge on any atom is -0.273 e. The van der Waals surface area contributed by atoms with E-state index in [1.807, 2.05) is 0 Å². The first kappa shape index (κ1) is 12.5. The maximum Gasteiger partial charge on any atom is 0.544 e. The minimum absolute atomic E-state index is 0.0374. The fourth-order valence-electron chi connectivity index (χ4n) is 1.08. The number of alkyl halides is 3. The van der Waals surface area contributed by atoms with E-state index < -0.39 is 12.3 Å². The number of carbonyl (C=O) groups is 1. The summed E-state index contributed by atoms with van der Waals surface area (Å²) in [6, 6.07) is 5.93. The summed E-state index contributed by atoms with van der Waals surface area (Å²) in [5.41, 5.74) is 0.912. The van der Waals surface area contributed by atoms with Crippen molar-refractivity contribution in [2.24, 2.45) is 0 Å². The molecule has 0 radical (unpaired) electrons. The summed E-state index contributed by atoms with van der Waals surface area (Å²) in [5, 5.41) is 0.208. The van der Waals surface area contributed by atoms with Gasteiger partial charge in [-0.15, -0.1) is 13.2 Å². The lowest BCUT2D eigenvalue weighted by Gasteiger charge is -2.21. The first-order chi connectivity index (χ1) is 7.29. The molecule has 0 aliphatic carbocycles. The second kappa shape index (κ2) is 4.52. The first-order valence-corrected chi connectivity index (χ1v) is 4.43. The Hall–Kier alpha value is -1.56. The number of hydroxylamine groups is 1. The number of hydrogen-bond acceptors (Lipinski definition) is 2. The van der Waals surface area contributed by atoms with Crippen LogP contribution in [0.2, 0.25) is 0 Å². The molecular weight excluding hydrogens is 223 g/mol. The molecule has 0 fully saturated rings. The van der Waals surface area contributed by atoms with Crippen LogP contribution in [0.25, 0.3) is 0 Å². The number of rotatable bonds is 2. The van der Waals surface area contributed by atoms with Gasteiger partial charge >= 0.3 is 6.36 Å². The summed E-state index contributed by atoms with van der Waals surface area (Å²) in [5.74, 6) is -0.846. The van der Waals surface area contributed by atoms with Crippen LogP contribution in [0.3, 0.4) is 0 Å². The van der Waals surface area contributed by atoms with Gasteiger partial charge in [0.15, 0.2) is 0 Å². The third-order valence-corrected chi connectivity index (χ3v) is 1.75. The standard InChI is InChI=1S/C10H10F3NO2/c1-7-3-5-9(6-4-7)14(8(2)15)16-10(11,12)13/h3-6H,1-2H3. The first-order valence-electron chi connectivity index (χ1n) is 4.43. The van der Waals surface area contributed by atoms with Crippen LogP contribution in [0, 0.1) is 6.92 Å². The lowest BCUT2D eigenvalue weighted by molar-refractivity contribution is -0.327. The zero-order valence-electron chi connectivity index (χ0n) is 8.71. The lowest BCUT2D eigenvalue weighted by atomic mass is 10.2. The molecule has 1 aromatic carbocycles. The zero-order chi connectivity index (χ0) is 12.3. The zero-order valence-corrected chi connectivity index (χ0v) is 8.71. The van der Waals surface area contributed by atoms with Crippen LogP contribution >= 0.6 is 0 Å². The lowest BCUT2D eigenvalue weighted by Crippen LogP contribution is -2.35. The number of halogens is 3. The molecule has 6 heteroatoms. The summed E-state index contributed by atoms with van der Waals surface area (Å²) < 4.78 is 36.0. The van der Waals surface area contributed by atoms with Gasteiger partial charge in [-0.1, -0.05) is 17.7 Å². The van der Waals surface area contributed by atoms with Gasteiger partial charge in [0.2, 0.25) is 5.91 Å². The second-order valence-corrected chi connectivity index (χ2v) is 3.19. The molecule has 0 aromatic heterocycles. The van der Waals surface area contributed by atoms with E-state index in [0.29, 0.717) is 0 Å². The van der Waals surface area contributed by atoms with Gasteiger partial charge in [0.1, 0.15) is 0 Å². The summed E-state index contributed by atoms with van der Waals surface area (Å²) in [6.07, 6.45) is -4.89. The van der Waals surface area contributed by atoms with E-state index in [1.54, 1.807) is 19.1 Å². The van der Waals surface area contributed by atoms with E-state index in [-0.39, 0.29) is 10.8 Å². The number of aryl methyl sites for hydroxylation is 1. The highest BCUT2D eigenvalue weighted by Gasteiger charge is 2.35. The van der Waals surface area contributed by atoms with E-state index in [4.69, 9.17) is 0 Å². The molecule has 0 aliphatic rings. The summed E-state index contributed by atoms with van der Waals surface area (Å²) in [4.78, 5) is 14.6. The van der Waals surface area contributed by atoms with Gasteiger partial charge in [0.05, 0.1) is 5.69 Å². The normalized spacial score (nSPS) is 11.3. The van der Waals surface area contributed by atoms with E-state index in [0.717, 1.165) is 12.5 Å². The third-order valence-electron chi connectivity index (χ3n) is 1.75. The van der Waals surface area contributed by atoms with Gasteiger partial charge in [-0.05, 0) is 19.1 Å². The van der Waals surface area contributed by atoms with E-state index in [2.05, 4.69) is 4.84 Å². The highest BCUT2D eigenvalue weighted by Crippen LogP contribution is 2.24. The highest BCUT2D eigenvalue weighted by molar-refractivity contribution is 5.89. The Morgan fingerprint density at radius 1 is 1.25 bits per heavy atom. The smallest absolute Gasteiger partial charge is 0.273 e. The monoisotopic (exact) mass is 233 g/mol. The largest absolute Gasteiger partial charge is 0.544 e. The van der Waals surface area contributed by atoms with Crippen molar-refractivity contribution in [1.82, 2.24) is 0 Å². The topological polar surface area (TPSA) is 29.5 Å². The third kappa shape index (κ3) is 3.54. The quantitative estimate of drug-likeness (QED) is 0.735. The Balaban J connectivity index is 2.94. The molecule has 0 bridgehead atoms. The number of carbonyl (C=O) groups excluding carboxylic acids is 1. The highest BCUT2D eigenvalue weighted by atomic mass is 19.4. The van der Waals surface area contributed by atoms with Crippen molar-refractivity contribution in [3.63, 3.8) is 0 Å². The molecule has 0 heterocycles. The molecule has 0 atom stereocenters. The van der Waals surface area contributed by atoms with Crippen molar-refractivity contribution in [2.75, 3.05) is 5.06 Å². The fourth-order valence-corrected chi connectivity index (χ4v) is 1.08. The SMILES string of the molecule is CC(=O)N(OC(F)(F)F)c1ccc(C)cc1. The van der Waals surface area contributed by atoms with Gasteiger partial charge in [0.25, 0.3) is 0 Å². The molecule has 0 aliphatic heterocycles. The molecule has 16 heavy (non-hydrogen) atoms. The predicted octanol–water partition coefficient (Wildman–Crippen LogP) is 2.80. The Morgan fingerprint density at radius 3 is 2.12 bits per heavy atom. The van der Waals surface area contributed by atoms with Gasteiger partial charge < -0.3 is 0 Å². The van der Waals surface area contributed by atoms with Crippen molar-refractivity contribution in [3.8, 4) is 0 Å². The van der Waals surface area contributed by atoms with Gasteiger partial charge in [-0.3, -0.25) is 4.79 Å². The molecule has 88 valence electrons. The van der Waals surface area contributed by atoms with E-state index in [9.17, 15) is 18.0 Å². The number of anilines is 1. The molecule has 0 N–H and O–H groups in total. The fraction of sp³-hybridized carbons (Fsp3) is 0.300. The summed E-state index contributed by atoms with van der Waals surface area (Å²) >= 11 is 0. The van der Waals surface area contributed by atoms with Crippen LogP contribution in [-0.2, 0) is 9.63 Å². The maximum absolute atomic E-state index is 12.0. The number of benzene rings is 1. The van der Waals surface area contributed by atoms with Crippen LogP contribution in [-0.4, -0.2) is 12.3 Å². The molecule has 0 saturated heterocycles. The Bertz CT molecular complexity index is 373.